The lowest BCUT2D eigenvalue weighted by Crippen LogP contribution is -2.43. The number of hydrogen-bond acceptors (Lipinski definition) is 6. The van der Waals surface area contributed by atoms with E-state index in [2.05, 4.69) is 0 Å². The summed E-state index contributed by atoms with van der Waals surface area (Å²) in [7, 11) is 0. The van der Waals surface area contributed by atoms with Crippen LogP contribution in [0.5, 0.6) is 0 Å². The fourth-order valence-electron chi connectivity index (χ4n) is 4.20. The van der Waals surface area contributed by atoms with Crippen molar-refractivity contribution in [3.63, 3.8) is 0 Å². The van der Waals surface area contributed by atoms with Crippen molar-refractivity contribution in [2.24, 2.45) is 5.73 Å². The number of esters is 1. The van der Waals surface area contributed by atoms with Crippen LogP contribution in [0.25, 0.3) is 0 Å². The van der Waals surface area contributed by atoms with E-state index >= 15 is 0 Å². The van der Waals surface area contributed by atoms with Gasteiger partial charge in [-0.1, -0.05) is 60.7 Å². The van der Waals surface area contributed by atoms with Gasteiger partial charge in [-0.15, -0.1) is 0 Å². The van der Waals surface area contributed by atoms with E-state index in [0.29, 0.717) is 41.9 Å². The van der Waals surface area contributed by atoms with Crippen LogP contribution in [-0.4, -0.2) is 51.7 Å². The Kier molecular flexibility index (Phi) is 8.92. The predicted molar refractivity (Wildman–Crippen MR) is 140 cm³/mol. The Morgan fingerprint density at radius 3 is 2.43 bits per heavy atom. The molecule has 0 aromatic heterocycles. The first-order chi connectivity index (χ1) is 16.5. The van der Waals surface area contributed by atoms with Gasteiger partial charge in [-0.05, 0) is 51.7 Å². The number of likely N-dealkylation sites (tertiary alicyclic amines) is 1. The molecule has 1 fully saturated rings. The van der Waals surface area contributed by atoms with Crippen molar-refractivity contribution >= 4 is 34.7 Å². The van der Waals surface area contributed by atoms with E-state index in [1.54, 1.807) is 24.3 Å². The molecule has 0 aliphatic carbocycles. The summed E-state index contributed by atoms with van der Waals surface area (Å²) in [6, 6.07) is 15.2. The van der Waals surface area contributed by atoms with Crippen LogP contribution in [0.15, 0.2) is 54.6 Å². The number of carbonyl (C=O) groups excluding carboxylic acids is 3. The van der Waals surface area contributed by atoms with Gasteiger partial charge >= 0.3 is 5.97 Å². The second kappa shape index (κ2) is 11.7. The Balaban J connectivity index is 1.54. The fraction of sp³-hybridized carbons (Fsp3) is 0.429. The summed E-state index contributed by atoms with van der Waals surface area (Å²) in [5, 5.41) is 0. The number of hydrogen-bond donors (Lipinski definition) is 1. The molecule has 0 amide bonds. The van der Waals surface area contributed by atoms with Gasteiger partial charge in [0, 0.05) is 30.5 Å². The summed E-state index contributed by atoms with van der Waals surface area (Å²) in [6.07, 6.45) is 2.47. The minimum Gasteiger partial charge on any atom is -0.458 e. The molecule has 3 rings (SSSR count). The Morgan fingerprint density at radius 2 is 1.74 bits per heavy atom. The van der Waals surface area contributed by atoms with E-state index in [1.165, 1.54) is 0 Å². The lowest BCUT2D eigenvalue weighted by Gasteiger charge is -2.29. The number of thiocarbonyl (C=S) groups is 1. The van der Waals surface area contributed by atoms with Crippen LogP contribution in [-0.2, 0) is 20.7 Å². The number of nitrogens with two attached hydrogens (primary N) is 1. The zero-order chi connectivity index (χ0) is 25.6. The molecule has 2 atom stereocenters. The van der Waals surface area contributed by atoms with Gasteiger partial charge in [-0.25, -0.2) is 4.79 Å². The van der Waals surface area contributed by atoms with Crippen molar-refractivity contribution in [1.29, 1.82) is 0 Å². The van der Waals surface area contributed by atoms with Gasteiger partial charge in [-0.2, -0.15) is 0 Å². The summed E-state index contributed by atoms with van der Waals surface area (Å²) in [6.45, 7) is 6.22. The van der Waals surface area contributed by atoms with E-state index in [4.69, 9.17) is 22.7 Å². The number of benzene rings is 2. The fourth-order valence-corrected chi connectivity index (χ4v) is 4.52. The number of ether oxygens (including phenoxy) is 1. The van der Waals surface area contributed by atoms with E-state index in [9.17, 15) is 14.4 Å². The SMILES string of the molecule is CC(C)(C)OC(=O)[C@@H]1CCCN1C(=S)CCC(=O)[C@@H](N)Cc1cccc(C(=O)c2ccccc2)c1. The number of nitrogens with zero attached hydrogens (tertiary/aromatic N) is 1. The second-order valence-electron chi connectivity index (χ2n) is 9.95. The number of Topliss-reactive ketones (excluding diaryl/α,β-unsaturated/α-hetero) is 1. The highest BCUT2D eigenvalue weighted by Gasteiger charge is 2.35. The van der Waals surface area contributed by atoms with Gasteiger partial charge in [0.1, 0.15) is 17.4 Å². The zero-order valence-electron chi connectivity index (χ0n) is 20.7. The molecule has 35 heavy (non-hydrogen) atoms. The van der Waals surface area contributed by atoms with Gasteiger partial charge in [0.15, 0.2) is 5.78 Å². The average molecular weight is 495 g/mol. The van der Waals surface area contributed by atoms with E-state index in [1.807, 2.05) is 56.0 Å². The highest BCUT2D eigenvalue weighted by molar-refractivity contribution is 7.80. The van der Waals surface area contributed by atoms with Gasteiger partial charge < -0.3 is 15.4 Å². The lowest BCUT2D eigenvalue weighted by atomic mass is 9.96. The zero-order valence-corrected chi connectivity index (χ0v) is 21.5. The molecule has 1 saturated heterocycles. The monoisotopic (exact) mass is 494 g/mol. The van der Waals surface area contributed by atoms with Crippen LogP contribution >= 0.6 is 12.2 Å². The molecule has 1 heterocycles. The summed E-state index contributed by atoms with van der Waals surface area (Å²) in [5.74, 6) is -0.437. The molecule has 2 aromatic rings. The Morgan fingerprint density at radius 1 is 1.06 bits per heavy atom. The second-order valence-corrected chi connectivity index (χ2v) is 10.4. The van der Waals surface area contributed by atoms with E-state index in [-0.39, 0.29) is 24.0 Å². The van der Waals surface area contributed by atoms with Crippen molar-refractivity contribution in [2.75, 3.05) is 6.54 Å². The maximum absolute atomic E-state index is 12.7. The molecule has 0 unspecified atom stereocenters. The summed E-state index contributed by atoms with van der Waals surface area (Å²) in [4.78, 5) is 40.5. The van der Waals surface area contributed by atoms with Gasteiger partial charge in [-0.3, -0.25) is 9.59 Å². The third-order valence-corrected chi connectivity index (χ3v) is 6.37. The smallest absolute Gasteiger partial charge is 0.329 e. The number of carbonyl (C=O) groups is 3. The minimum atomic E-state index is -0.694. The van der Waals surface area contributed by atoms with Crippen LogP contribution in [0.1, 0.15) is 67.9 Å². The molecule has 0 spiro atoms. The molecule has 186 valence electrons. The summed E-state index contributed by atoms with van der Waals surface area (Å²) < 4.78 is 5.54. The average Bonchev–Trinajstić information content (AvgIpc) is 3.32. The highest BCUT2D eigenvalue weighted by atomic mass is 32.1. The van der Waals surface area contributed by atoms with Crippen molar-refractivity contribution in [2.45, 2.75) is 70.6 Å². The van der Waals surface area contributed by atoms with Gasteiger partial charge in [0.05, 0.1) is 11.0 Å². The first-order valence-corrected chi connectivity index (χ1v) is 12.5. The molecular formula is C28H34N2O4S. The molecule has 1 aliphatic rings. The maximum atomic E-state index is 12.7. The quantitative estimate of drug-likeness (QED) is 0.316. The molecule has 1 aliphatic heterocycles. The van der Waals surface area contributed by atoms with Gasteiger partial charge in [0.2, 0.25) is 0 Å². The molecule has 0 radical (unpaired) electrons. The maximum Gasteiger partial charge on any atom is 0.329 e. The van der Waals surface area contributed by atoms with E-state index < -0.39 is 17.7 Å². The van der Waals surface area contributed by atoms with Crippen LogP contribution in [0.3, 0.4) is 0 Å². The van der Waals surface area contributed by atoms with Crippen molar-refractivity contribution in [3.8, 4) is 0 Å². The largest absolute Gasteiger partial charge is 0.458 e. The predicted octanol–water partition coefficient (Wildman–Crippen LogP) is 4.27. The topological polar surface area (TPSA) is 89.7 Å². The molecule has 0 bridgehead atoms. The van der Waals surface area contributed by atoms with Crippen LogP contribution < -0.4 is 5.73 Å². The standard InChI is InChI=1S/C28H34N2O4S/c1-28(2,3)34-27(33)23-13-8-16-30(23)25(35)15-14-24(31)22(29)18-19-9-7-12-21(17-19)26(32)20-10-5-4-6-11-20/h4-7,9-12,17,22-23H,8,13-16,18,29H2,1-3H3/t22-,23-/m0/s1. The third kappa shape index (κ3) is 7.54. The van der Waals surface area contributed by atoms with Crippen molar-refractivity contribution < 1.29 is 19.1 Å². The van der Waals surface area contributed by atoms with Crippen molar-refractivity contribution in [3.05, 3.63) is 71.3 Å². The molecule has 2 aromatic carbocycles. The van der Waals surface area contributed by atoms with Crippen LogP contribution in [0.4, 0.5) is 0 Å². The number of ketones is 2. The molecule has 0 saturated carbocycles. The highest BCUT2D eigenvalue weighted by Crippen LogP contribution is 2.23. The molecule has 2 N–H and O–H groups in total. The van der Waals surface area contributed by atoms with Crippen molar-refractivity contribution in [1.82, 2.24) is 4.90 Å². The Hall–Kier alpha value is -2.90. The summed E-state index contributed by atoms with van der Waals surface area (Å²) in [5.41, 5.74) is 7.66. The normalized spacial score (nSPS) is 16.6. The minimum absolute atomic E-state index is 0.0668. The van der Waals surface area contributed by atoms with Crippen LogP contribution in [0, 0.1) is 0 Å². The summed E-state index contributed by atoms with van der Waals surface area (Å²) >= 11 is 5.57. The van der Waals surface area contributed by atoms with Crippen LogP contribution in [0.2, 0.25) is 0 Å². The Bertz CT molecular complexity index is 1080. The first-order valence-electron chi connectivity index (χ1n) is 12.0. The molecule has 7 heteroatoms. The molecule has 6 nitrogen and oxygen atoms in total. The Labute approximate surface area is 212 Å². The van der Waals surface area contributed by atoms with Gasteiger partial charge in [0.25, 0.3) is 0 Å². The lowest BCUT2D eigenvalue weighted by molar-refractivity contribution is -0.159. The third-order valence-electron chi connectivity index (χ3n) is 5.93. The van der Waals surface area contributed by atoms with E-state index in [0.717, 1.165) is 12.0 Å². The first kappa shape index (κ1) is 26.7. The number of rotatable bonds is 9. The molecular weight excluding hydrogens is 460 g/mol.